The monoisotopic (exact) mass is 389 g/mol. The van der Waals surface area contributed by atoms with E-state index in [1.54, 1.807) is 23.5 Å². The number of nitrogens with zero attached hydrogens (tertiary/aromatic N) is 2. The summed E-state index contributed by atoms with van der Waals surface area (Å²) in [5.74, 6) is -0.581. The maximum absolute atomic E-state index is 12.4. The highest BCUT2D eigenvalue weighted by molar-refractivity contribution is 7.15. The van der Waals surface area contributed by atoms with E-state index >= 15 is 0 Å². The number of carbonyl (C=O) groups excluding carboxylic acids is 2. The van der Waals surface area contributed by atoms with E-state index in [-0.39, 0.29) is 18.3 Å². The lowest BCUT2D eigenvalue weighted by molar-refractivity contribution is -0.118. The highest BCUT2D eigenvalue weighted by Gasteiger charge is 2.32. The summed E-state index contributed by atoms with van der Waals surface area (Å²) < 4.78 is 7.31. The Labute approximate surface area is 164 Å². The lowest BCUT2D eigenvalue weighted by Crippen LogP contribution is -2.15. The molecule has 0 saturated heterocycles. The van der Waals surface area contributed by atoms with E-state index in [2.05, 4.69) is 10.3 Å². The standard InChI is InChI=1S/C21H15N3O3S/c25-19(11-18-15-3-1-2-4-16(15)20(26)27-18)22-14-7-5-13(6-8-14)17-12-24-9-10-28-21(24)23-17/h1-10,12,18H,11H2,(H,22,25)/t18-/m1/s1. The Morgan fingerprint density at radius 3 is 2.82 bits per heavy atom. The normalized spacial score (nSPS) is 15.4. The van der Waals surface area contributed by atoms with Gasteiger partial charge in [0.25, 0.3) is 0 Å². The van der Waals surface area contributed by atoms with E-state index in [0.29, 0.717) is 11.3 Å². The first-order chi connectivity index (χ1) is 13.7. The zero-order valence-corrected chi connectivity index (χ0v) is 15.5. The molecule has 1 aliphatic rings. The number of fused-ring (bicyclic) bond motifs is 2. The predicted molar refractivity (Wildman–Crippen MR) is 106 cm³/mol. The summed E-state index contributed by atoms with van der Waals surface area (Å²) in [4.78, 5) is 29.8. The largest absolute Gasteiger partial charge is 0.453 e. The third kappa shape index (κ3) is 2.95. The first-order valence-corrected chi connectivity index (χ1v) is 9.68. The molecule has 0 radical (unpaired) electrons. The summed E-state index contributed by atoms with van der Waals surface area (Å²) in [5, 5.41) is 4.85. The molecule has 28 heavy (non-hydrogen) atoms. The lowest BCUT2D eigenvalue weighted by Gasteiger charge is -2.11. The van der Waals surface area contributed by atoms with Gasteiger partial charge in [0.15, 0.2) is 4.96 Å². The zero-order valence-electron chi connectivity index (χ0n) is 14.7. The summed E-state index contributed by atoms with van der Waals surface area (Å²) in [6, 6.07) is 14.7. The molecule has 5 rings (SSSR count). The number of imidazole rings is 1. The van der Waals surface area contributed by atoms with Crippen LogP contribution in [0.15, 0.2) is 66.3 Å². The Kier molecular flexibility index (Phi) is 3.95. The van der Waals surface area contributed by atoms with Crippen LogP contribution in [0.1, 0.15) is 28.4 Å². The second-order valence-corrected chi connectivity index (χ2v) is 7.40. The molecule has 0 spiro atoms. The number of nitrogens with one attached hydrogen (secondary N) is 1. The van der Waals surface area contributed by atoms with E-state index in [4.69, 9.17) is 4.74 Å². The van der Waals surface area contributed by atoms with Crippen LogP contribution in [0.4, 0.5) is 5.69 Å². The number of hydrogen-bond acceptors (Lipinski definition) is 5. The van der Waals surface area contributed by atoms with E-state index in [9.17, 15) is 9.59 Å². The summed E-state index contributed by atoms with van der Waals surface area (Å²) in [7, 11) is 0. The quantitative estimate of drug-likeness (QED) is 0.528. The number of benzene rings is 2. The summed E-state index contributed by atoms with van der Waals surface area (Å²) >= 11 is 1.58. The number of carbonyl (C=O) groups is 2. The van der Waals surface area contributed by atoms with Gasteiger partial charge in [-0.05, 0) is 18.2 Å². The molecule has 2 aromatic carbocycles. The predicted octanol–water partition coefficient (Wildman–Crippen LogP) is 4.30. The molecule has 0 saturated carbocycles. The molecule has 4 aromatic rings. The van der Waals surface area contributed by atoms with Crippen molar-refractivity contribution >= 4 is 33.9 Å². The van der Waals surface area contributed by atoms with Crippen molar-refractivity contribution in [3.63, 3.8) is 0 Å². The van der Waals surface area contributed by atoms with Crippen LogP contribution in [0, 0.1) is 0 Å². The van der Waals surface area contributed by atoms with Gasteiger partial charge in [-0.3, -0.25) is 9.20 Å². The van der Waals surface area contributed by atoms with Crippen LogP contribution in [0.25, 0.3) is 16.2 Å². The number of esters is 1. The summed E-state index contributed by atoms with van der Waals surface area (Å²) in [6.45, 7) is 0. The number of hydrogen-bond donors (Lipinski definition) is 1. The van der Waals surface area contributed by atoms with Crippen LogP contribution in [-0.2, 0) is 9.53 Å². The Balaban J connectivity index is 1.27. The van der Waals surface area contributed by atoms with Gasteiger partial charge in [-0.25, -0.2) is 9.78 Å². The number of cyclic esters (lactones) is 1. The van der Waals surface area contributed by atoms with Crippen LogP contribution in [0.3, 0.4) is 0 Å². The molecule has 1 aliphatic heterocycles. The minimum Gasteiger partial charge on any atom is -0.453 e. The molecule has 7 heteroatoms. The zero-order chi connectivity index (χ0) is 19.1. The van der Waals surface area contributed by atoms with Crippen molar-refractivity contribution in [3.8, 4) is 11.3 Å². The van der Waals surface area contributed by atoms with Crippen LogP contribution < -0.4 is 5.32 Å². The van der Waals surface area contributed by atoms with E-state index < -0.39 is 6.10 Å². The van der Waals surface area contributed by atoms with Crippen molar-refractivity contribution in [2.24, 2.45) is 0 Å². The fourth-order valence-electron chi connectivity index (χ4n) is 3.34. The number of rotatable bonds is 4. The molecule has 1 atom stereocenters. The number of anilines is 1. The second-order valence-electron chi connectivity index (χ2n) is 6.53. The van der Waals surface area contributed by atoms with Gasteiger partial charge in [-0.15, -0.1) is 11.3 Å². The highest BCUT2D eigenvalue weighted by atomic mass is 32.1. The lowest BCUT2D eigenvalue weighted by atomic mass is 10.0. The molecular weight excluding hydrogens is 374 g/mol. The molecule has 0 bridgehead atoms. The van der Waals surface area contributed by atoms with Crippen LogP contribution in [-0.4, -0.2) is 21.3 Å². The maximum Gasteiger partial charge on any atom is 0.339 e. The second kappa shape index (κ2) is 6.61. The number of ether oxygens (including phenoxy) is 1. The molecular formula is C21H15N3O3S. The van der Waals surface area contributed by atoms with Crippen LogP contribution in [0.5, 0.6) is 0 Å². The van der Waals surface area contributed by atoms with Crippen LogP contribution in [0.2, 0.25) is 0 Å². The molecule has 0 aliphatic carbocycles. The van der Waals surface area contributed by atoms with Gasteiger partial charge >= 0.3 is 5.97 Å². The molecule has 138 valence electrons. The van der Waals surface area contributed by atoms with Crippen LogP contribution >= 0.6 is 11.3 Å². The molecule has 1 N–H and O–H groups in total. The van der Waals surface area contributed by atoms with Gasteiger partial charge in [0, 0.05) is 34.6 Å². The number of aromatic nitrogens is 2. The molecule has 2 aromatic heterocycles. The minimum absolute atomic E-state index is 0.0851. The van der Waals surface area contributed by atoms with Crippen molar-refractivity contribution in [2.45, 2.75) is 12.5 Å². The van der Waals surface area contributed by atoms with E-state index in [0.717, 1.165) is 21.8 Å². The first-order valence-electron chi connectivity index (χ1n) is 8.80. The third-order valence-corrected chi connectivity index (χ3v) is 5.48. The average Bonchev–Trinajstić information content (AvgIpc) is 3.37. The first kappa shape index (κ1) is 16.7. The van der Waals surface area contributed by atoms with Gasteiger partial charge < -0.3 is 10.1 Å². The van der Waals surface area contributed by atoms with Crippen molar-refractivity contribution in [1.29, 1.82) is 0 Å². The fourth-order valence-corrected chi connectivity index (χ4v) is 4.04. The fraction of sp³-hybridized carbons (Fsp3) is 0.0952. The van der Waals surface area contributed by atoms with Crippen molar-refractivity contribution in [1.82, 2.24) is 9.38 Å². The van der Waals surface area contributed by atoms with Gasteiger partial charge in [-0.2, -0.15) is 0 Å². The summed E-state index contributed by atoms with van der Waals surface area (Å²) in [5.41, 5.74) is 3.85. The third-order valence-electron chi connectivity index (χ3n) is 4.71. The molecule has 1 amide bonds. The van der Waals surface area contributed by atoms with Crippen molar-refractivity contribution in [3.05, 3.63) is 77.4 Å². The van der Waals surface area contributed by atoms with Crippen molar-refractivity contribution in [2.75, 3.05) is 5.32 Å². The van der Waals surface area contributed by atoms with E-state index in [1.165, 1.54) is 0 Å². The average molecular weight is 389 g/mol. The number of thiazole rings is 1. The molecule has 0 fully saturated rings. The topological polar surface area (TPSA) is 72.7 Å². The van der Waals surface area contributed by atoms with Gasteiger partial charge in [0.1, 0.15) is 6.10 Å². The maximum atomic E-state index is 12.4. The smallest absolute Gasteiger partial charge is 0.339 e. The Morgan fingerprint density at radius 2 is 2.00 bits per heavy atom. The Hall–Kier alpha value is -3.45. The van der Waals surface area contributed by atoms with E-state index in [1.807, 2.05) is 58.6 Å². The van der Waals surface area contributed by atoms with Gasteiger partial charge in [0.2, 0.25) is 5.91 Å². The molecule has 6 nitrogen and oxygen atoms in total. The summed E-state index contributed by atoms with van der Waals surface area (Å²) in [6.07, 6.45) is 3.49. The SMILES string of the molecule is O=C(C[C@H]1OC(=O)c2ccccc21)Nc1ccc(-c2cn3ccsc3n2)cc1. The highest BCUT2D eigenvalue weighted by Crippen LogP contribution is 2.33. The molecule has 3 heterocycles. The minimum atomic E-state index is -0.540. The Morgan fingerprint density at radius 1 is 1.18 bits per heavy atom. The van der Waals surface area contributed by atoms with Crippen molar-refractivity contribution < 1.29 is 14.3 Å². The van der Waals surface area contributed by atoms with Gasteiger partial charge in [0.05, 0.1) is 17.7 Å². The Bertz CT molecular complexity index is 1160. The number of amides is 1. The molecule has 0 unspecified atom stereocenters. The van der Waals surface area contributed by atoms with Gasteiger partial charge in [-0.1, -0.05) is 30.3 Å².